The first kappa shape index (κ1) is 56.4. The van der Waals surface area contributed by atoms with Gasteiger partial charge >= 0.3 is 0 Å². The largest absolute Gasteiger partial charge is 0.457 e. The number of benzene rings is 10. The summed E-state index contributed by atoms with van der Waals surface area (Å²) in [5, 5.41) is 2.31. The standard InChI is InChI=1S/C83H78N4O/c1-79(2,3)56-35-37-57(38-36-56)83(71-31-21-19-29-65(71)66-41-39-58(49-72(66)83)80(4,5)6)61-45-62(51-64(46-61)88-63-40-42-68-67-30-20-22-32-73(67)87(76(68)52-63)77-50-59(43-44-84-77)81(7,8)9)85-53-86(75-34-24-23-33-74(75)85)78-69(54-25-15-13-16-26-54)47-60(82(10,11)12)48-70(78)55-27-17-14-18-28-55/h13-52H,53H2,1-12H3. The third-order valence-corrected chi connectivity index (χ3v) is 18.6. The maximum absolute atomic E-state index is 7.57. The van der Waals surface area contributed by atoms with Crippen LogP contribution in [0.4, 0.5) is 22.7 Å². The summed E-state index contributed by atoms with van der Waals surface area (Å²) in [5.74, 6) is 2.36. The van der Waals surface area contributed by atoms with Crippen molar-refractivity contribution in [3.63, 3.8) is 0 Å². The summed E-state index contributed by atoms with van der Waals surface area (Å²) in [4.78, 5) is 10.1. The van der Waals surface area contributed by atoms with Gasteiger partial charge in [-0.2, -0.15) is 0 Å². The van der Waals surface area contributed by atoms with Crippen molar-refractivity contribution in [2.24, 2.45) is 0 Å². The number of aromatic nitrogens is 2. The molecule has 1 atom stereocenters. The Labute approximate surface area is 520 Å². The summed E-state index contributed by atoms with van der Waals surface area (Å²) in [5.41, 5.74) is 22.7. The van der Waals surface area contributed by atoms with Crippen LogP contribution < -0.4 is 14.5 Å². The van der Waals surface area contributed by atoms with Crippen LogP contribution in [0.5, 0.6) is 11.5 Å². The molecule has 1 aliphatic heterocycles. The van der Waals surface area contributed by atoms with Gasteiger partial charge in [-0.3, -0.25) is 4.57 Å². The number of para-hydroxylation sites is 3. The van der Waals surface area contributed by atoms with Crippen molar-refractivity contribution in [2.75, 3.05) is 16.5 Å². The molecule has 0 N–H and O–H groups in total. The summed E-state index contributed by atoms with van der Waals surface area (Å²) < 4.78 is 9.88. The highest BCUT2D eigenvalue weighted by atomic mass is 16.5. The number of fused-ring (bicyclic) bond motifs is 7. The minimum atomic E-state index is -0.763. The Morgan fingerprint density at radius 3 is 1.59 bits per heavy atom. The Balaban J connectivity index is 1.03. The van der Waals surface area contributed by atoms with E-state index in [1.807, 2.05) is 6.20 Å². The predicted octanol–water partition coefficient (Wildman–Crippen LogP) is 22.1. The fraction of sp³-hybridized carbons (Fsp3) is 0.217. The highest BCUT2D eigenvalue weighted by Gasteiger charge is 2.48. The second kappa shape index (κ2) is 20.9. The zero-order valence-electron chi connectivity index (χ0n) is 53.0. The van der Waals surface area contributed by atoms with Crippen LogP contribution in [-0.2, 0) is 27.1 Å². The van der Waals surface area contributed by atoms with Gasteiger partial charge in [0.1, 0.15) is 24.0 Å². The Morgan fingerprint density at radius 2 is 0.932 bits per heavy atom. The van der Waals surface area contributed by atoms with Crippen LogP contribution in [0.3, 0.4) is 0 Å². The lowest BCUT2D eigenvalue weighted by Crippen LogP contribution is -2.30. The molecule has 14 rings (SSSR count). The number of ether oxygens (including phenoxy) is 1. The Morgan fingerprint density at radius 1 is 0.375 bits per heavy atom. The monoisotopic (exact) mass is 1150 g/mol. The Hall–Kier alpha value is -9.45. The van der Waals surface area contributed by atoms with Gasteiger partial charge in [-0.25, -0.2) is 4.98 Å². The molecule has 1 unspecified atom stereocenters. The maximum Gasteiger partial charge on any atom is 0.137 e. The van der Waals surface area contributed by atoms with Crippen molar-refractivity contribution in [2.45, 2.75) is 110 Å². The molecule has 0 amide bonds. The summed E-state index contributed by atoms with van der Waals surface area (Å²) >= 11 is 0. The molecule has 10 aromatic carbocycles. The average molecular weight is 1150 g/mol. The molecule has 1 aliphatic carbocycles. The number of anilines is 4. The first-order chi connectivity index (χ1) is 42.1. The molecule has 0 saturated carbocycles. The van der Waals surface area contributed by atoms with Crippen LogP contribution in [0, 0.1) is 0 Å². The van der Waals surface area contributed by atoms with Crippen LogP contribution in [0.1, 0.15) is 128 Å². The molecule has 12 aromatic rings. The van der Waals surface area contributed by atoms with E-state index in [-0.39, 0.29) is 21.7 Å². The lowest BCUT2D eigenvalue weighted by Gasteiger charge is -2.36. The number of hydrogen-bond donors (Lipinski definition) is 0. The van der Waals surface area contributed by atoms with Crippen molar-refractivity contribution < 1.29 is 4.74 Å². The van der Waals surface area contributed by atoms with Gasteiger partial charge in [0.15, 0.2) is 0 Å². The third kappa shape index (κ3) is 9.58. The minimum Gasteiger partial charge on any atom is -0.457 e. The fourth-order valence-electron chi connectivity index (χ4n) is 13.8. The smallest absolute Gasteiger partial charge is 0.137 e. The molecule has 0 spiro atoms. The van der Waals surface area contributed by atoms with E-state index in [1.165, 1.54) is 83.4 Å². The van der Waals surface area contributed by atoms with Gasteiger partial charge in [-0.05, 0) is 155 Å². The average Bonchev–Trinajstić information content (AvgIpc) is 1.54. The molecule has 5 heteroatoms. The van der Waals surface area contributed by atoms with Gasteiger partial charge in [-0.1, -0.05) is 241 Å². The molecule has 0 saturated heterocycles. The van der Waals surface area contributed by atoms with E-state index < -0.39 is 5.41 Å². The quantitative estimate of drug-likeness (QED) is 0.144. The predicted molar refractivity (Wildman–Crippen MR) is 370 cm³/mol. The van der Waals surface area contributed by atoms with E-state index in [9.17, 15) is 0 Å². The van der Waals surface area contributed by atoms with Crippen molar-refractivity contribution >= 4 is 44.6 Å². The lowest BCUT2D eigenvalue weighted by molar-refractivity contribution is 0.482. The summed E-state index contributed by atoms with van der Waals surface area (Å²) in [6.07, 6.45) is 1.95. The molecule has 88 heavy (non-hydrogen) atoms. The van der Waals surface area contributed by atoms with Crippen LogP contribution in [0.25, 0.3) is 61.0 Å². The van der Waals surface area contributed by atoms with Gasteiger partial charge in [0.25, 0.3) is 0 Å². The highest BCUT2D eigenvalue weighted by molar-refractivity contribution is 6.09. The van der Waals surface area contributed by atoms with Gasteiger partial charge in [-0.15, -0.1) is 0 Å². The number of rotatable bonds is 9. The van der Waals surface area contributed by atoms with E-state index in [2.05, 4.69) is 334 Å². The normalized spacial score (nSPS) is 15.0. The molecule has 0 fully saturated rings. The number of pyridine rings is 1. The van der Waals surface area contributed by atoms with Crippen molar-refractivity contribution in [1.29, 1.82) is 0 Å². The van der Waals surface area contributed by atoms with Gasteiger partial charge in [0.05, 0.1) is 33.5 Å². The summed E-state index contributed by atoms with van der Waals surface area (Å²) in [7, 11) is 0. The fourth-order valence-corrected chi connectivity index (χ4v) is 13.8. The maximum atomic E-state index is 7.57. The van der Waals surface area contributed by atoms with Crippen molar-refractivity contribution in [1.82, 2.24) is 9.55 Å². The zero-order valence-corrected chi connectivity index (χ0v) is 53.0. The zero-order chi connectivity index (χ0) is 61.1. The molecule has 3 heterocycles. The SMILES string of the molecule is CC(C)(C)c1ccc(C2(c3cc(Oc4ccc5c6ccccc6n(-c6cc(C(C)(C)C)ccn6)c5c4)cc(N4CN(c5c(-c6ccccc6)cc(C(C)(C)C)cc5-c5ccccc5)c5ccccc54)c3)c3ccccc3-c3ccc(C(C)(C)C)cc32)cc1. The molecule has 436 valence electrons. The van der Waals surface area contributed by atoms with Crippen molar-refractivity contribution in [3.8, 4) is 50.7 Å². The molecule has 2 aromatic heterocycles. The van der Waals surface area contributed by atoms with Gasteiger partial charge in [0, 0.05) is 45.9 Å². The second-order valence-electron chi connectivity index (χ2n) is 28.5. The second-order valence-corrected chi connectivity index (χ2v) is 28.5. The molecule has 0 radical (unpaired) electrons. The van der Waals surface area contributed by atoms with E-state index in [4.69, 9.17) is 9.72 Å². The van der Waals surface area contributed by atoms with Crippen LogP contribution in [0.2, 0.25) is 0 Å². The minimum absolute atomic E-state index is 0.0430. The van der Waals surface area contributed by atoms with Gasteiger partial charge < -0.3 is 14.5 Å². The Kier molecular flexibility index (Phi) is 13.4. The van der Waals surface area contributed by atoms with Gasteiger partial charge in [0.2, 0.25) is 0 Å². The first-order valence-electron chi connectivity index (χ1n) is 31.3. The summed E-state index contributed by atoms with van der Waals surface area (Å²) in [6, 6.07) is 88.4. The highest BCUT2D eigenvalue weighted by Crippen LogP contribution is 2.59. The molecule has 2 aliphatic rings. The van der Waals surface area contributed by atoms with Crippen molar-refractivity contribution in [3.05, 3.63) is 287 Å². The molecule has 5 nitrogen and oxygen atoms in total. The molecular weight excluding hydrogens is 1070 g/mol. The number of nitrogens with zero attached hydrogens (tertiary/aromatic N) is 4. The van der Waals surface area contributed by atoms with E-state index in [0.717, 1.165) is 56.4 Å². The third-order valence-electron chi connectivity index (χ3n) is 18.6. The number of hydrogen-bond acceptors (Lipinski definition) is 4. The van der Waals surface area contributed by atoms with Crippen LogP contribution in [-0.4, -0.2) is 16.2 Å². The van der Waals surface area contributed by atoms with Crippen LogP contribution >= 0.6 is 0 Å². The van der Waals surface area contributed by atoms with Crippen LogP contribution in [0.15, 0.2) is 243 Å². The van der Waals surface area contributed by atoms with E-state index in [0.29, 0.717) is 6.67 Å². The Bertz CT molecular complexity index is 4600. The van der Waals surface area contributed by atoms with E-state index >= 15 is 0 Å². The van der Waals surface area contributed by atoms with E-state index in [1.54, 1.807) is 0 Å². The lowest BCUT2D eigenvalue weighted by atomic mass is 9.66. The molecular formula is C83H78N4O. The first-order valence-corrected chi connectivity index (χ1v) is 31.3. The topological polar surface area (TPSA) is 33.5 Å². The molecule has 0 bridgehead atoms. The summed E-state index contributed by atoms with van der Waals surface area (Å²) in [6.45, 7) is 28.2.